The number of nitrogens with one attached hydrogen (secondary N) is 2. The second-order valence-electron chi connectivity index (χ2n) is 5.88. The quantitative estimate of drug-likeness (QED) is 0.647. The van der Waals surface area contributed by atoms with Crippen molar-refractivity contribution in [1.29, 1.82) is 0 Å². The SMILES string of the molecule is CC1=C(C(=O)OCc2c(C)nn(-c3ccccc3)c2C)CNC(=S)N1. The van der Waals surface area contributed by atoms with Crippen molar-refractivity contribution in [3.63, 3.8) is 0 Å². The van der Waals surface area contributed by atoms with Crippen molar-refractivity contribution in [2.45, 2.75) is 27.4 Å². The number of esters is 1. The number of carbonyl (C=O) groups is 1. The van der Waals surface area contributed by atoms with Crippen molar-refractivity contribution in [2.75, 3.05) is 6.54 Å². The number of aryl methyl sites for hydroxylation is 1. The Hall–Kier alpha value is -2.67. The average Bonchev–Trinajstić information content (AvgIpc) is 2.88. The van der Waals surface area contributed by atoms with Gasteiger partial charge in [0, 0.05) is 17.0 Å². The molecule has 0 spiro atoms. The van der Waals surface area contributed by atoms with Crippen molar-refractivity contribution in [1.82, 2.24) is 20.4 Å². The van der Waals surface area contributed by atoms with Crippen LogP contribution >= 0.6 is 12.2 Å². The van der Waals surface area contributed by atoms with Gasteiger partial charge in [0.2, 0.25) is 0 Å². The molecular formula is C18H20N4O2S. The molecule has 0 bridgehead atoms. The van der Waals surface area contributed by atoms with Crippen LogP contribution in [0, 0.1) is 13.8 Å². The number of benzene rings is 1. The molecule has 1 aliphatic heterocycles. The third-order valence-electron chi connectivity index (χ3n) is 4.22. The Balaban J connectivity index is 1.76. The smallest absolute Gasteiger partial charge is 0.337 e. The van der Waals surface area contributed by atoms with Crippen LogP contribution in [-0.4, -0.2) is 27.4 Å². The van der Waals surface area contributed by atoms with Gasteiger partial charge in [-0.1, -0.05) is 18.2 Å². The predicted molar refractivity (Wildman–Crippen MR) is 99.3 cm³/mol. The third-order valence-corrected chi connectivity index (χ3v) is 4.46. The van der Waals surface area contributed by atoms with Crippen LogP contribution in [0.2, 0.25) is 0 Å². The van der Waals surface area contributed by atoms with Crippen LogP contribution in [0.4, 0.5) is 0 Å². The Kier molecular flexibility index (Phi) is 4.85. The third kappa shape index (κ3) is 3.56. The number of carbonyl (C=O) groups excluding carboxylic acids is 1. The summed E-state index contributed by atoms with van der Waals surface area (Å²) in [5.41, 5.74) is 4.99. The van der Waals surface area contributed by atoms with Crippen LogP contribution in [0.5, 0.6) is 0 Å². The van der Waals surface area contributed by atoms with E-state index < -0.39 is 0 Å². The summed E-state index contributed by atoms with van der Waals surface area (Å²) < 4.78 is 7.38. The summed E-state index contributed by atoms with van der Waals surface area (Å²) in [5, 5.41) is 11.0. The van der Waals surface area contributed by atoms with Gasteiger partial charge in [0.05, 0.1) is 23.5 Å². The number of thiocarbonyl (C=S) groups is 1. The molecule has 0 aliphatic carbocycles. The first-order valence-corrected chi connectivity index (χ1v) is 8.40. The van der Waals surface area contributed by atoms with E-state index in [2.05, 4.69) is 15.7 Å². The largest absolute Gasteiger partial charge is 0.457 e. The molecule has 2 N–H and O–H groups in total. The molecule has 0 saturated heterocycles. The minimum Gasteiger partial charge on any atom is -0.457 e. The zero-order valence-electron chi connectivity index (χ0n) is 14.4. The molecule has 0 radical (unpaired) electrons. The van der Waals surface area contributed by atoms with Gasteiger partial charge in [-0.3, -0.25) is 0 Å². The molecule has 0 fully saturated rings. The summed E-state index contributed by atoms with van der Waals surface area (Å²) in [5.74, 6) is -0.355. The van der Waals surface area contributed by atoms with Crippen molar-refractivity contribution < 1.29 is 9.53 Å². The van der Waals surface area contributed by atoms with Crippen molar-refractivity contribution >= 4 is 23.3 Å². The van der Waals surface area contributed by atoms with E-state index in [9.17, 15) is 4.79 Å². The lowest BCUT2D eigenvalue weighted by atomic mass is 10.2. The zero-order valence-corrected chi connectivity index (χ0v) is 15.2. The highest BCUT2D eigenvalue weighted by molar-refractivity contribution is 7.80. The lowest BCUT2D eigenvalue weighted by Crippen LogP contribution is -2.42. The zero-order chi connectivity index (χ0) is 18.0. The number of allylic oxidation sites excluding steroid dienone is 1. The van der Waals surface area contributed by atoms with Crippen LogP contribution in [0.3, 0.4) is 0 Å². The Labute approximate surface area is 151 Å². The molecule has 6 nitrogen and oxygen atoms in total. The van der Waals surface area contributed by atoms with E-state index in [0.717, 1.165) is 28.3 Å². The number of ether oxygens (including phenoxy) is 1. The van der Waals surface area contributed by atoms with Gasteiger partial charge in [-0.05, 0) is 45.1 Å². The first kappa shape index (κ1) is 17.2. The van der Waals surface area contributed by atoms with E-state index in [1.165, 1.54) is 0 Å². The monoisotopic (exact) mass is 356 g/mol. The van der Waals surface area contributed by atoms with E-state index in [4.69, 9.17) is 17.0 Å². The summed E-state index contributed by atoms with van der Waals surface area (Å²) in [6, 6.07) is 9.88. The minimum absolute atomic E-state index is 0.185. The Morgan fingerprint density at radius 3 is 2.68 bits per heavy atom. The van der Waals surface area contributed by atoms with Gasteiger partial charge in [0.1, 0.15) is 6.61 Å². The van der Waals surface area contributed by atoms with Crippen LogP contribution in [0.25, 0.3) is 5.69 Å². The van der Waals surface area contributed by atoms with E-state index in [1.807, 2.05) is 55.8 Å². The molecule has 130 valence electrons. The van der Waals surface area contributed by atoms with Crippen molar-refractivity contribution in [3.8, 4) is 5.69 Å². The molecule has 2 aromatic rings. The topological polar surface area (TPSA) is 68.2 Å². The van der Waals surface area contributed by atoms with E-state index in [1.54, 1.807) is 0 Å². The van der Waals surface area contributed by atoms with E-state index in [0.29, 0.717) is 17.2 Å². The van der Waals surface area contributed by atoms with Gasteiger partial charge in [-0.2, -0.15) is 5.10 Å². The highest BCUT2D eigenvalue weighted by Crippen LogP contribution is 2.19. The van der Waals surface area contributed by atoms with E-state index in [-0.39, 0.29) is 12.6 Å². The number of hydrogen-bond acceptors (Lipinski definition) is 4. The van der Waals surface area contributed by atoms with Crippen molar-refractivity contribution in [3.05, 3.63) is 58.6 Å². The van der Waals surface area contributed by atoms with Gasteiger partial charge >= 0.3 is 5.97 Å². The maximum atomic E-state index is 12.4. The van der Waals surface area contributed by atoms with Gasteiger partial charge in [0.25, 0.3) is 0 Å². The van der Waals surface area contributed by atoms with Crippen LogP contribution < -0.4 is 10.6 Å². The maximum Gasteiger partial charge on any atom is 0.337 e. The Bertz CT molecular complexity index is 855. The normalized spacial score (nSPS) is 14.1. The first-order valence-electron chi connectivity index (χ1n) is 7.99. The van der Waals surface area contributed by atoms with Gasteiger partial charge in [0.15, 0.2) is 5.11 Å². The molecule has 0 unspecified atom stereocenters. The number of rotatable bonds is 4. The molecule has 25 heavy (non-hydrogen) atoms. The Morgan fingerprint density at radius 1 is 1.28 bits per heavy atom. The second-order valence-corrected chi connectivity index (χ2v) is 6.29. The summed E-state index contributed by atoms with van der Waals surface area (Å²) in [4.78, 5) is 12.4. The molecule has 1 aliphatic rings. The van der Waals surface area contributed by atoms with E-state index >= 15 is 0 Å². The van der Waals surface area contributed by atoms with Gasteiger partial charge in [-0.25, -0.2) is 9.48 Å². The Morgan fingerprint density at radius 2 is 2.00 bits per heavy atom. The maximum absolute atomic E-state index is 12.4. The summed E-state index contributed by atoms with van der Waals surface area (Å²) in [6.07, 6.45) is 0. The molecule has 0 saturated carbocycles. The average molecular weight is 356 g/mol. The van der Waals surface area contributed by atoms with Crippen LogP contribution in [-0.2, 0) is 16.1 Å². The highest BCUT2D eigenvalue weighted by atomic mass is 32.1. The summed E-state index contributed by atoms with van der Waals surface area (Å²) in [7, 11) is 0. The van der Waals surface area contributed by atoms with Crippen molar-refractivity contribution in [2.24, 2.45) is 0 Å². The number of hydrogen-bond donors (Lipinski definition) is 2. The molecule has 3 rings (SSSR count). The summed E-state index contributed by atoms with van der Waals surface area (Å²) >= 11 is 5.03. The molecule has 7 heteroatoms. The number of para-hydroxylation sites is 1. The van der Waals surface area contributed by atoms with Crippen LogP contribution in [0.15, 0.2) is 41.6 Å². The van der Waals surface area contributed by atoms with Gasteiger partial charge < -0.3 is 15.4 Å². The molecule has 0 atom stereocenters. The summed E-state index contributed by atoms with van der Waals surface area (Å²) in [6.45, 7) is 6.26. The first-order chi connectivity index (χ1) is 12.0. The standard InChI is InChI=1S/C18H20N4O2S/c1-11-15(9-19-18(25)20-11)17(23)24-10-16-12(2)21-22(13(16)3)14-7-5-4-6-8-14/h4-8H,9-10H2,1-3H3,(H2,19,20,25). The molecular weight excluding hydrogens is 336 g/mol. The van der Waals surface area contributed by atoms with Crippen LogP contribution in [0.1, 0.15) is 23.9 Å². The molecule has 1 aromatic carbocycles. The molecule has 2 heterocycles. The fourth-order valence-electron chi connectivity index (χ4n) is 2.75. The second kappa shape index (κ2) is 7.06. The number of aromatic nitrogens is 2. The molecule has 1 aromatic heterocycles. The predicted octanol–water partition coefficient (Wildman–Crippen LogP) is 2.28. The number of nitrogens with zero attached hydrogens (tertiary/aromatic N) is 2. The minimum atomic E-state index is -0.355. The highest BCUT2D eigenvalue weighted by Gasteiger charge is 2.21. The van der Waals surface area contributed by atoms with Gasteiger partial charge in [-0.15, -0.1) is 0 Å². The molecule has 0 amide bonds. The lowest BCUT2D eigenvalue weighted by Gasteiger charge is -2.20. The lowest BCUT2D eigenvalue weighted by molar-refractivity contribution is -0.140. The fourth-order valence-corrected chi connectivity index (χ4v) is 2.97. The fraction of sp³-hybridized carbons (Fsp3) is 0.278.